The summed E-state index contributed by atoms with van der Waals surface area (Å²) in [6.07, 6.45) is 1.36. The zero-order valence-corrected chi connectivity index (χ0v) is 9.70. The molecule has 0 fully saturated rings. The summed E-state index contributed by atoms with van der Waals surface area (Å²) in [6.45, 7) is 4.47. The zero-order chi connectivity index (χ0) is 11.0. The van der Waals surface area contributed by atoms with E-state index in [9.17, 15) is 4.57 Å². The predicted octanol–water partition coefficient (Wildman–Crippen LogP) is 1.15. The number of nitrogens with two attached hydrogens (primary N) is 2. The van der Waals surface area contributed by atoms with Crippen LogP contribution in [0.4, 0.5) is 0 Å². The number of rotatable bonds is 8. The molecule has 4 N–H and O–H groups in total. The molecule has 0 aromatic heterocycles. The van der Waals surface area contributed by atoms with Crippen molar-refractivity contribution in [3.8, 4) is 0 Å². The van der Waals surface area contributed by atoms with Crippen LogP contribution in [0.5, 0.6) is 0 Å². The van der Waals surface area contributed by atoms with Crippen LogP contribution in [-0.4, -0.2) is 25.3 Å². The van der Waals surface area contributed by atoms with E-state index in [-0.39, 0.29) is 12.1 Å². The minimum Gasteiger partial charge on any atom is -0.328 e. The molecule has 2 unspecified atom stereocenters. The third-order valence-electron chi connectivity index (χ3n) is 1.54. The second-order valence-electron chi connectivity index (χ2n) is 3.42. The molecule has 0 bridgehead atoms. The van der Waals surface area contributed by atoms with E-state index in [4.69, 9.17) is 20.5 Å². The summed E-state index contributed by atoms with van der Waals surface area (Å²) in [6, 6.07) is 0.116. The van der Waals surface area contributed by atoms with E-state index in [1.54, 1.807) is 0 Å². The molecule has 0 saturated heterocycles. The van der Waals surface area contributed by atoms with E-state index >= 15 is 0 Å². The van der Waals surface area contributed by atoms with Crippen LogP contribution in [0.3, 0.4) is 0 Å². The molecule has 0 aromatic rings. The maximum absolute atomic E-state index is 11.0. The fourth-order valence-corrected chi connectivity index (χ4v) is 1.25. The Morgan fingerprint density at radius 3 is 1.71 bits per heavy atom. The highest BCUT2D eigenvalue weighted by molar-refractivity contribution is 7.33. The van der Waals surface area contributed by atoms with E-state index in [1.807, 2.05) is 13.8 Å². The van der Waals surface area contributed by atoms with Crippen LogP contribution < -0.4 is 11.5 Å². The molecule has 0 radical (unpaired) electrons. The number of hydrogen-bond donors (Lipinski definition) is 2. The Kier molecular flexibility index (Phi) is 8.23. The topological polar surface area (TPSA) is 87.6 Å². The van der Waals surface area contributed by atoms with E-state index in [2.05, 4.69) is 0 Å². The summed E-state index contributed by atoms with van der Waals surface area (Å²) in [5.74, 6) is 0. The van der Waals surface area contributed by atoms with Gasteiger partial charge in [-0.2, -0.15) is 0 Å². The summed E-state index contributed by atoms with van der Waals surface area (Å²) in [4.78, 5) is 0. The first-order chi connectivity index (χ1) is 6.52. The number of hydrogen-bond acceptors (Lipinski definition) is 5. The molecule has 2 atom stereocenters. The van der Waals surface area contributed by atoms with E-state index in [1.165, 1.54) is 0 Å². The van der Waals surface area contributed by atoms with Crippen LogP contribution in [0.1, 0.15) is 26.7 Å². The highest BCUT2D eigenvalue weighted by Crippen LogP contribution is 2.24. The van der Waals surface area contributed by atoms with Crippen molar-refractivity contribution in [1.29, 1.82) is 0 Å². The van der Waals surface area contributed by atoms with Crippen LogP contribution >= 0.6 is 8.25 Å². The van der Waals surface area contributed by atoms with Crippen molar-refractivity contribution in [2.24, 2.45) is 11.5 Å². The molecule has 0 spiro atoms. The molecule has 84 valence electrons. The molecule has 0 rings (SSSR count). The van der Waals surface area contributed by atoms with Gasteiger partial charge in [0, 0.05) is 16.6 Å². The minimum atomic E-state index is -2.00. The van der Waals surface area contributed by atoms with Crippen molar-refractivity contribution in [3.63, 3.8) is 0 Å². The van der Waals surface area contributed by atoms with Gasteiger partial charge in [0.2, 0.25) is 0 Å². The third-order valence-corrected chi connectivity index (χ3v) is 2.33. The van der Waals surface area contributed by atoms with Crippen LogP contribution in [0, 0.1) is 0 Å². The van der Waals surface area contributed by atoms with Crippen molar-refractivity contribution >= 4 is 8.25 Å². The van der Waals surface area contributed by atoms with Gasteiger partial charge in [-0.1, -0.05) is 0 Å². The van der Waals surface area contributed by atoms with E-state index in [0.717, 1.165) is 0 Å². The molecule has 5 nitrogen and oxygen atoms in total. The highest BCUT2D eigenvalue weighted by atomic mass is 31.1. The van der Waals surface area contributed by atoms with Gasteiger partial charge in [0.15, 0.2) is 0 Å². The van der Waals surface area contributed by atoms with Crippen molar-refractivity contribution < 1.29 is 13.6 Å². The average Bonchev–Trinajstić information content (AvgIpc) is 2.02. The van der Waals surface area contributed by atoms with Crippen molar-refractivity contribution in [2.75, 3.05) is 13.2 Å². The van der Waals surface area contributed by atoms with Crippen molar-refractivity contribution in [2.45, 2.75) is 38.8 Å². The van der Waals surface area contributed by atoms with E-state index < -0.39 is 8.25 Å². The first kappa shape index (κ1) is 13.9. The van der Waals surface area contributed by atoms with Gasteiger partial charge in [-0.05, 0) is 26.7 Å². The fourth-order valence-electron chi connectivity index (χ4n) is 0.664. The highest BCUT2D eigenvalue weighted by Gasteiger charge is 2.19. The SMILES string of the molecule is CC(N)CCO[P+](=O)OCCC(C)N. The Morgan fingerprint density at radius 1 is 1.07 bits per heavy atom. The summed E-state index contributed by atoms with van der Waals surface area (Å²) >= 11 is 0. The molecule has 0 saturated carbocycles. The summed E-state index contributed by atoms with van der Waals surface area (Å²) < 4.78 is 20.8. The second kappa shape index (κ2) is 8.26. The van der Waals surface area contributed by atoms with Gasteiger partial charge in [-0.3, -0.25) is 0 Å². The molecule has 0 aliphatic carbocycles. The Labute approximate surface area is 86.1 Å². The van der Waals surface area contributed by atoms with Gasteiger partial charge in [-0.25, -0.2) is 0 Å². The quantitative estimate of drug-likeness (QED) is 0.603. The van der Waals surface area contributed by atoms with Crippen molar-refractivity contribution in [1.82, 2.24) is 0 Å². The molecule has 0 aliphatic rings. The Hall–Kier alpha value is -0.0600. The zero-order valence-electron chi connectivity index (χ0n) is 8.81. The lowest BCUT2D eigenvalue weighted by atomic mass is 10.3. The van der Waals surface area contributed by atoms with Gasteiger partial charge in [0.25, 0.3) is 0 Å². The molecule has 0 aliphatic heterocycles. The Morgan fingerprint density at radius 2 is 1.43 bits per heavy atom. The maximum atomic E-state index is 11.0. The molecular weight excluding hydrogens is 203 g/mol. The second-order valence-corrected chi connectivity index (χ2v) is 4.39. The fraction of sp³-hybridized carbons (Fsp3) is 1.00. The van der Waals surface area contributed by atoms with Crippen LogP contribution in [0.15, 0.2) is 0 Å². The lowest BCUT2D eigenvalue weighted by Gasteiger charge is -2.00. The van der Waals surface area contributed by atoms with E-state index in [0.29, 0.717) is 26.1 Å². The summed E-state index contributed by atoms with van der Waals surface area (Å²) in [7, 11) is -2.00. The van der Waals surface area contributed by atoms with Crippen LogP contribution in [-0.2, 0) is 13.6 Å². The molecule has 6 heteroatoms. The van der Waals surface area contributed by atoms with Crippen molar-refractivity contribution in [3.05, 3.63) is 0 Å². The minimum absolute atomic E-state index is 0.0578. The summed E-state index contributed by atoms with van der Waals surface area (Å²) in [5, 5.41) is 0. The Bertz CT molecular complexity index is 149. The molecule has 0 heterocycles. The predicted molar refractivity (Wildman–Crippen MR) is 56.0 cm³/mol. The molecule has 14 heavy (non-hydrogen) atoms. The summed E-state index contributed by atoms with van der Waals surface area (Å²) in [5.41, 5.74) is 11.0. The molecular formula is C8H20N2O3P+. The third kappa shape index (κ3) is 10.0. The maximum Gasteiger partial charge on any atom is 0.697 e. The van der Waals surface area contributed by atoms with Crippen LogP contribution in [0.25, 0.3) is 0 Å². The lowest BCUT2D eigenvalue weighted by Crippen LogP contribution is -2.17. The smallest absolute Gasteiger partial charge is 0.328 e. The normalized spacial score (nSPS) is 16.4. The van der Waals surface area contributed by atoms with Gasteiger partial charge in [0.1, 0.15) is 13.2 Å². The van der Waals surface area contributed by atoms with Gasteiger partial charge in [0.05, 0.1) is 0 Å². The first-order valence-corrected chi connectivity index (χ1v) is 5.86. The lowest BCUT2D eigenvalue weighted by molar-refractivity contribution is 0.216. The Balaban J connectivity index is 3.28. The largest absolute Gasteiger partial charge is 0.697 e. The first-order valence-electron chi connectivity index (χ1n) is 4.76. The molecule has 0 aromatic carbocycles. The van der Waals surface area contributed by atoms with Gasteiger partial charge >= 0.3 is 8.25 Å². The van der Waals surface area contributed by atoms with Crippen LogP contribution in [0.2, 0.25) is 0 Å². The average molecular weight is 223 g/mol. The van der Waals surface area contributed by atoms with Gasteiger partial charge < -0.3 is 11.5 Å². The monoisotopic (exact) mass is 223 g/mol. The molecule has 0 amide bonds. The van der Waals surface area contributed by atoms with Gasteiger partial charge in [-0.15, -0.1) is 9.05 Å². The standard InChI is InChI=1S/C8H20N2O3P/c1-7(9)3-5-12-14(11)13-6-4-8(2)10/h7-8H,3-6,9-10H2,1-2H3/q+1.